The Bertz CT molecular complexity index is 625. The lowest BCUT2D eigenvalue weighted by Gasteiger charge is -2.05. The summed E-state index contributed by atoms with van der Waals surface area (Å²) >= 11 is 0. The van der Waals surface area contributed by atoms with Crippen LogP contribution in [-0.4, -0.2) is 11.5 Å². The lowest BCUT2D eigenvalue weighted by Crippen LogP contribution is -2.02. The van der Waals surface area contributed by atoms with Gasteiger partial charge in [0.25, 0.3) is 0 Å². The van der Waals surface area contributed by atoms with Gasteiger partial charge in [0.2, 0.25) is 0 Å². The first-order chi connectivity index (χ1) is 9.08. The smallest absolute Gasteiger partial charge is 0.152 e. The number of hydrogen-bond acceptors (Lipinski definition) is 1. The summed E-state index contributed by atoms with van der Waals surface area (Å²) < 4.78 is 0. The zero-order valence-corrected chi connectivity index (χ0v) is 11.6. The Labute approximate surface area is 114 Å². The molecule has 2 heteroatoms. The zero-order chi connectivity index (χ0) is 13.8. The molecular weight excluding hydrogens is 232 g/mol. The molecule has 0 unspecified atom stereocenters. The van der Waals surface area contributed by atoms with E-state index in [4.69, 9.17) is 5.41 Å². The van der Waals surface area contributed by atoms with E-state index in [1.54, 1.807) is 0 Å². The third kappa shape index (κ3) is 3.16. The largest absolute Gasteiger partial charge is 0.282 e. The summed E-state index contributed by atoms with van der Waals surface area (Å²) in [6.07, 6.45) is 0. The van der Waals surface area contributed by atoms with Crippen LogP contribution in [0.2, 0.25) is 0 Å². The van der Waals surface area contributed by atoms with Crippen molar-refractivity contribution in [1.82, 2.24) is 0 Å². The maximum absolute atomic E-state index is 8.09. The van der Waals surface area contributed by atoms with Gasteiger partial charge in [0, 0.05) is 11.3 Å². The van der Waals surface area contributed by atoms with E-state index in [2.05, 4.69) is 18.8 Å². The molecule has 0 heterocycles. The lowest BCUT2D eigenvalue weighted by atomic mass is 10.1. The van der Waals surface area contributed by atoms with Crippen molar-refractivity contribution < 1.29 is 0 Å². The molecule has 0 aliphatic rings. The molecule has 96 valence electrons. The van der Waals surface area contributed by atoms with Gasteiger partial charge in [-0.25, -0.2) is 4.99 Å². The molecule has 2 aromatic rings. The predicted molar refractivity (Wildman–Crippen MR) is 81.4 cm³/mol. The molecule has 19 heavy (non-hydrogen) atoms. The Morgan fingerprint density at radius 3 is 2.21 bits per heavy atom. The van der Waals surface area contributed by atoms with Crippen molar-refractivity contribution >= 4 is 11.5 Å². The molecule has 0 fully saturated rings. The lowest BCUT2D eigenvalue weighted by molar-refractivity contribution is 1.31. The van der Waals surface area contributed by atoms with Crippen molar-refractivity contribution in [3.63, 3.8) is 0 Å². The summed E-state index contributed by atoms with van der Waals surface area (Å²) in [4.78, 5) is 4.39. The van der Waals surface area contributed by atoms with Crippen LogP contribution in [0, 0.1) is 19.3 Å². The monoisotopic (exact) mass is 250 g/mol. The minimum atomic E-state index is 0.310. The molecule has 1 N–H and O–H groups in total. The number of amidine groups is 1. The predicted octanol–water partition coefficient (Wildman–Crippen LogP) is 4.14. The average Bonchev–Trinajstić information content (AvgIpc) is 2.42. The Morgan fingerprint density at radius 1 is 0.895 bits per heavy atom. The molecule has 2 rings (SSSR count). The van der Waals surface area contributed by atoms with Crippen molar-refractivity contribution in [2.75, 3.05) is 0 Å². The van der Waals surface area contributed by atoms with Gasteiger partial charge < -0.3 is 0 Å². The van der Waals surface area contributed by atoms with Crippen molar-refractivity contribution in [3.05, 3.63) is 70.8 Å². The molecule has 0 radical (unpaired) electrons. The normalized spacial score (nSPS) is 11.4. The van der Waals surface area contributed by atoms with Crippen LogP contribution in [0.4, 0.5) is 0 Å². The highest BCUT2D eigenvalue weighted by Gasteiger charge is 2.03. The molecule has 0 saturated carbocycles. The van der Waals surface area contributed by atoms with E-state index < -0.39 is 0 Å². The van der Waals surface area contributed by atoms with Gasteiger partial charge >= 0.3 is 0 Å². The van der Waals surface area contributed by atoms with Crippen LogP contribution in [0.15, 0.2) is 53.5 Å². The van der Waals surface area contributed by atoms with E-state index in [1.807, 2.05) is 55.5 Å². The van der Waals surface area contributed by atoms with Crippen LogP contribution in [0.25, 0.3) is 0 Å². The average molecular weight is 250 g/mol. The van der Waals surface area contributed by atoms with Crippen LogP contribution in [-0.2, 0) is 0 Å². The third-order valence-electron chi connectivity index (χ3n) is 3.25. The number of benzene rings is 2. The standard InChI is InChI=1S/C17H18N2/c1-12-9-10-16(11-13(12)2)17(18)19-14(3)15-7-5-4-6-8-15/h4-11,18H,1-3H3. The fourth-order valence-electron chi connectivity index (χ4n) is 1.86. The van der Waals surface area contributed by atoms with Crippen LogP contribution in [0.1, 0.15) is 29.2 Å². The van der Waals surface area contributed by atoms with Crippen LogP contribution >= 0.6 is 0 Å². The van der Waals surface area contributed by atoms with E-state index in [1.165, 1.54) is 11.1 Å². The van der Waals surface area contributed by atoms with E-state index >= 15 is 0 Å². The molecule has 0 aliphatic heterocycles. The summed E-state index contributed by atoms with van der Waals surface area (Å²) in [6, 6.07) is 15.9. The highest BCUT2D eigenvalue weighted by Crippen LogP contribution is 2.11. The van der Waals surface area contributed by atoms with Crippen molar-refractivity contribution in [2.24, 2.45) is 4.99 Å². The number of nitrogens with one attached hydrogen (secondary N) is 1. The maximum atomic E-state index is 8.09. The van der Waals surface area contributed by atoms with Gasteiger partial charge in [0.05, 0.1) is 0 Å². The minimum Gasteiger partial charge on any atom is -0.282 e. The van der Waals surface area contributed by atoms with E-state index in [-0.39, 0.29) is 0 Å². The molecule has 2 nitrogen and oxygen atoms in total. The Hall–Kier alpha value is -2.22. The molecular formula is C17H18N2. The fourth-order valence-corrected chi connectivity index (χ4v) is 1.86. The summed E-state index contributed by atoms with van der Waals surface area (Å²) in [5, 5.41) is 8.09. The van der Waals surface area contributed by atoms with Gasteiger partial charge in [-0.15, -0.1) is 0 Å². The molecule has 2 aromatic carbocycles. The summed E-state index contributed by atoms with van der Waals surface area (Å²) in [5.41, 5.74) is 5.20. The highest BCUT2D eigenvalue weighted by atomic mass is 14.8. The quantitative estimate of drug-likeness (QED) is 0.614. The summed E-state index contributed by atoms with van der Waals surface area (Å²) in [5.74, 6) is 0.310. The SMILES string of the molecule is CC(=NC(=N)c1ccc(C)c(C)c1)c1ccccc1. The van der Waals surface area contributed by atoms with Gasteiger partial charge in [-0.3, -0.25) is 5.41 Å². The minimum absolute atomic E-state index is 0.310. The third-order valence-corrected chi connectivity index (χ3v) is 3.25. The summed E-state index contributed by atoms with van der Waals surface area (Å²) in [7, 11) is 0. The molecule has 0 bridgehead atoms. The number of rotatable bonds is 2. The Kier molecular flexibility index (Phi) is 3.91. The topological polar surface area (TPSA) is 36.2 Å². The van der Waals surface area contributed by atoms with E-state index in [0.29, 0.717) is 5.84 Å². The maximum Gasteiger partial charge on any atom is 0.152 e. The Morgan fingerprint density at radius 2 is 1.58 bits per heavy atom. The molecule has 0 aromatic heterocycles. The number of aliphatic imine (C=N–C) groups is 1. The fraction of sp³-hybridized carbons (Fsp3) is 0.176. The van der Waals surface area contributed by atoms with Gasteiger partial charge in [0.15, 0.2) is 5.84 Å². The first-order valence-corrected chi connectivity index (χ1v) is 6.35. The van der Waals surface area contributed by atoms with Crippen molar-refractivity contribution in [3.8, 4) is 0 Å². The number of nitrogens with zero attached hydrogens (tertiary/aromatic N) is 1. The van der Waals surface area contributed by atoms with Gasteiger partial charge in [-0.2, -0.15) is 0 Å². The first-order valence-electron chi connectivity index (χ1n) is 6.35. The second-order valence-corrected chi connectivity index (χ2v) is 4.71. The molecule has 0 saturated heterocycles. The second-order valence-electron chi connectivity index (χ2n) is 4.71. The number of hydrogen-bond donors (Lipinski definition) is 1. The second kappa shape index (κ2) is 5.61. The van der Waals surface area contributed by atoms with Gasteiger partial charge in [0.1, 0.15) is 0 Å². The molecule has 0 spiro atoms. The van der Waals surface area contributed by atoms with E-state index in [9.17, 15) is 0 Å². The highest BCUT2D eigenvalue weighted by molar-refractivity contribution is 6.10. The van der Waals surface area contributed by atoms with Crippen LogP contribution < -0.4 is 0 Å². The summed E-state index contributed by atoms with van der Waals surface area (Å²) in [6.45, 7) is 6.06. The zero-order valence-electron chi connectivity index (χ0n) is 11.6. The molecule has 0 atom stereocenters. The van der Waals surface area contributed by atoms with E-state index in [0.717, 1.165) is 16.8 Å². The molecule has 0 aliphatic carbocycles. The molecule has 0 amide bonds. The first kappa shape index (κ1) is 13.2. The Balaban J connectivity index is 2.27. The van der Waals surface area contributed by atoms with Crippen molar-refractivity contribution in [1.29, 1.82) is 5.41 Å². The van der Waals surface area contributed by atoms with Crippen molar-refractivity contribution in [2.45, 2.75) is 20.8 Å². The van der Waals surface area contributed by atoms with Crippen LogP contribution in [0.5, 0.6) is 0 Å². The van der Waals surface area contributed by atoms with Crippen LogP contribution in [0.3, 0.4) is 0 Å². The number of aryl methyl sites for hydroxylation is 2. The van der Waals surface area contributed by atoms with Gasteiger partial charge in [-0.1, -0.05) is 42.5 Å². The van der Waals surface area contributed by atoms with Gasteiger partial charge in [-0.05, 0) is 43.5 Å².